The van der Waals surface area contributed by atoms with Gasteiger partial charge < -0.3 is 4.74 Å². The molecule has 1 fully saturated rings. The Labute approximate surface area is 98.1 Å². The molecule has 86 valence electrons. The highest BCUT2D eigenvalue weighted by Gasteiger charge is 2.09. The van der Waals surface area contributed by atoms with Crippen LogP contribution < -0.4 is 0 Å². The molecule has 1 aromatic rings. The van der Waals surface area contributed by atoms with Crippen molar-refractivity contribution in [3.8, 4) is 0 Å². The lowest BCUT2D eigenvalue weighted by Gasteiger charge is -2.18. The Hall–Kier alpha value is -1.08. The lowest BCUT2D eigenvalue weighted by atomic mass is 10.0. The maximum absolute atomic E-state index is 5.45. The fourth-order valence-corrected chi connectivity index (χ4v) is 2.10. The second kappa shape index (κ2) is 6.49. The van der Waals surface area contributed by atoms with Gasteiger partial charge in [0.2, 0.25) is 0 Å². The smallest absolute Gasteiger partial charge is 0.0528 e. The molecule has 1 saturated heterocycles. The Morgan fingerprint density at radius 2 is 2.12 bits per heavy atom. The first kappa shape index (κ1) is 11.4. The van der Waals surface area contributed by atoms with Gasteiger partial charge in [0.05, 0.1) is 6.61 Å². The first-order valence-electron chi connectivity index (χ1n) is 6.23. The minimum Gasteiger partial charge on any atom is -0.381 e. The van der Waals surface area contributed by atoms with E-state index in [1.807, 2.05) is 0 Å². The highest BCUT2D eigenvalue weighted by Crippen LogP contribution is 2.15. The van der Waals surface area contributed by atoms with Gasteiger partial charge in [-0.15, -0.1) is 0 Å². The van der Waals surface area contributed by atoms with Crippen LogP contribution in [0.1, 0.15) is 24.8 Å². The van der Waals surface area contributed by atoms with Gasteiger partial charge in [0.15, 0.2) is 0 Å². The zero-order chi connectivity index (χ0) is 11.1. The van der Waals surface area contributed by atoms with Crippen molar-refractivity contribution in [2.45, 2.75) is 25.7 Å². The quantitative estimate of drug-likeness (QED) is 0.699. The van der Waals surface area contributed by atoms with Crippen LogP contribution >= 0.6 is 0 Å². The molecule has 1 aromatic carbocycles. The molecule has 1 heterocycles. The van der Waals surface area contributed by atoms with E-state index in [1.54, 1.807) is 0 Å². The van der Waals surface area contributed by atoms with Gasteiger partial charge in [-0.2, -0.15) is 0 Å². The average molecular weight is 216 g/mol. The maximum atomic E-state index is 5.45. The van der Waals surface area contributed by atoms with E-state index in [9.17, 15) is 0 Å². The van der Waals surface area contributed by atoms with E-state index in [-0.39, 0.29) is 0 Å². The van der Waals surface area contributed by atoms with Gasteiger partial charge in [-0.1, -0.05) is 42.5 Å². The van der Waals surface area contributed by atoms with Crippen molar-refractivity contribution < 1.29 is 4.74 Å². The summed E-state index contributed by atoms with van der Waals surface area (Å²) in [5.41, 5.74) is 1.42. The van der Waals surface area contributed by atoms with Gasteiger partial charge in [0, 0.05) is 12.5 Å². The zero-order valence-electron chi connectivity index (χ0n) is 9.77. The van der Waals surface area contributed by atoms with Crippen LogP contribution in [0.25, 0.3) is 0 Å². The van der Waals surface area contributed by atoms with Gasteiger partial charge in [0.1, 0.15) is 0 Å². The molecule has 0 N–H and O–H groups in total. The summed E-state index contributed by atoms with van der Waals surface area (Å²) in [4.78, 5) is 0. The van der Waals surface area contributed by atoms with Crippen LogP contribution in [0.3, 0.4) is 0 Å². The van der Waals surface area contributed by atoms with Crippen molar-refractivity contribution in [1.29, 1.82) is 0 Å². The number of ether oxygens (including phenoxy) is 1. The molecule has 0 aliphatic carbocycles. The molecule has 1 atom stereocenters. The van der Waals surface area contributed by atoms with E-state index >= 15 is 0 Å². The second-order valence-corrected chi connectivity index (χ2v) is 4.43. The lowest BCUT2D eigenvalue weighted by molar-refractivity contribution is 0.0709. The molecule has 0 aromatic heterocycles. The van der Waals surface area contributed by atoms with Crippen molar-refractivity contribution in [3.05, 3.63) is 48.0 Å². The molecule has 1 aliphatic rings. The summed E-state index contributed by atoms with van der Waals surface area (Å²) in [7, 11) is 0. The molecule has 0 radical (unpaired) electrons. The molecular formula is C15H20O. The molecule has 1 aliphatic heterocycles. The Balaban J connectivity index is 1.69. The van der Waals surface area contributed by atoms with Gasteiger partial charge >= 0.3 is 0 Å². The molecule has 16 heavy (non-hydrogen) atoms. The number of rotatable bonds is 4. The van der Waals surface area contributed by atoms with Crippen molar-refractivity contribution in [1.82, 2.24) is 0 Å². The lowest BCUT2D eigenvalue weighted by Crippen LogP contribution is -2.14. The first-order valence-corrected chi connectivity index (χ1v) is 6.23. The highest BCUT2D eigenvalue weighted by atomic mass is 16.5. The van der Waals surface area contributed by atoms with E-state index in [2.05, 4.69) is 42.5 Å². The van der Waals surface area contributed by atoms with Crippen LogP contribution in [-0.4, -0.2) is 13.2 Å². The summed E-state index contributed by atoms with van der Waals surface area (Å²) < 4.78 is 5.45. The number of benzene rings is 1. The van der Waals surface area contributed by atoms with Crippen LogP contribution in [-0.2, 0) is 11.2 Å². The summed E-state index contributed by atoms with van der Waals surface area (Å²) in [5.74, 6) is 0.657. The van der Waals surface area contributed by atoms with E-state index in [4.69, 9.17) is 4.74 Å². The third kappa shape index (κ3) is 3.82. The predicted octanol–water partition coefficient (Wildman–Crippen LogP) is 3.60. The van der Waals surface area contributed by atoms with Crippen LogP contribution in [0.2, 0.25) is 0 Å². The van der Waals surface area contributed by atoms with Gasteiger partial charge in [-0.3, -0.25) is 0 Å². The topological polar surface area (TPSA) is 9.23 Å². The average Bonchev–Trinajstić information content (AvgIpc) is 2.37. The van der Waals surface area contributed by atoms with Crippen molar-refractivity contribution in [2.24, 2.45) is 5.92 Å². The number of hydrogen-bond donors (Lipinski definition) is 0. The third-order valence-electron chi connectivity index (χ3n) is 3.05. The molecule has 0 amide bonds. The molecule has 0 bridgehead atoms. The summed E-state index contributed by atoms with van der Waals surface area (Å²) in [6.45, 7) is 1.87. The molecule has 2 rings (SSSR count). The summed E-state index contributed by atoms with van der Waals surface area (Å²) in [6, 6.07) is 10.7. The number of hydrogen-bond acceptors (Lipinski definition) is 1. The van der Waals surface area contributed by atoms with Crippen molar-refractivity contribution in [3.63, 3.8) is 0 Å². The summed E-state index contributed by atoms with van der Waals surface area (Å²) >= 11 is 0. The Morgan fingerprint density at radius 3 is 2.88 bits per heavy atom. The summed E-state index contributed by atoms with van der Waals surface area (Å²) in [6.07, 6.45) is 9.44. The van der Waals surface area contributed by atoms with Crippen LogP contribution in [0.5, 0.6) is 0 Å². The van der Waals surface area contributed by atoms with Gasteiger partial charge in [0.25, 0.3) is 0 Å². The van der Waals surface area contributed by atoms with Gasteiger partial charge in [-0.05, 0) is 31.2 Å². The Kier molecular flexibility index (Phi) is 4.63. The molecule has 0 saturated carbocycles. The number of allylic oxidation sites excluding steroid dienone is 1. The minimum absolute atomic E-state index is 0.657. The highest BCUT2D eigenvalue weighted by molar-refractivity contribution is 5.15. The Morgan fingerprint density at radius 1 is 1.25 bits per heavy atom. The second-order valence-electron chi connectivity index (χ2n) is 4.43. The fraction of sp³-hybridized carbons (Fsp3) is 0.467. The van der Waals surface area contributed by atoms with E-state index in [1.165, 1.54) is 18.4 Å². The minimum atomic E-state index is 0.657. The van der Waals surface area contributed by atoms with E-state index < -0.39 is 0 Å². The van der Waals surface area contributed by atoms with Gasteiger partial charge in [-0.25, -0.2) is 0 Å². The largest absolute Gasteiger partial charge is 0.381 e. The van der Waals surface area contributed by atoms with E-state index in [0.29, 0.717) is 5.92 Å². The zero-order valence-corrected chi connectivity index (χ0v) is 9.77. The monoisotopic (exact) mass is 216 g/mol. The summed E-state index contributed by atoms with van der Waals surface area (Å²) in [5, 5.41) is 0. The molecule has 1 heteroatoms. The maximum Gasteiger partial charge on any atom is 0.0528 e. The van der Waals surface area contributed by atoms with E-state index in [0.717, 1.165) is 26.1 Å². The SMILES string of the molecule is C(=C\[C@@H]1CCCOC1)/CCc1ccccc1. The fourth-order valence-electron chi connectivity index (χ4n) is 2.10. The number of aryl methyl sites for hydroxylation is 1. The Bertz CT molecular complexity index is 309. The van der Waals surface area contributed by atoms with Crippen LogP contribution in [0.4, 0.5) is 0 Å². The van der Waals surface area contributed by atoms with Crippen LogP contribution in [0.15, 0.2) is 42.5 Å². The standard InChI is InChI=1S/C15H20O/c1-2-7-14(8-3-1)9-4-5-10-15-11-6-12-16-13-15/h1-3,5,7-8,10,15H,4,6,9,11-13H2/b10-5+/t15-/m1/s1. The molecule has 0 unspecified atom stereocenters. The van der Waals surface area contributed by atoms with Crippen LogP contribution in [0, 0.1) is 5.92 Å². The van der Waals surface area contributed by atoms with Crippen molar-refractivity contribution >= 4 is 0 Å². The van der Waals surface area contributed by atoms with Crippen molar-refractivity contribution in [2.75, 3.05) is 13.2 Å². The first-order chi connectivity index (χ1) is 7.95. The normalized spacial score (nSPS) is 21.4. The molecule has 1 nitrogen and oxygen atoms in total. The predicted molar refractivity (Wildman–Crippen MR) is 67.4 cm³/mol. The third-order valence-corrected chi connectivity index (χ3v) is 3.05. The molecular weight excluding hydrogens is 196 g/mol. The molecule has 0 spiro atoms.